The summed E-state index contributed by atoms with van der Waals surface area (Å²) in [5.74, 6) is 1.50. The van der Waals surface area contributed by atoms with Gasteiger partial charge in [-0.1, -0.05) is 30.3 Å². The number of ether oxygens (including phenoxy) is 2. The van der Waals surface area contributed by atoms with Gasteiger partial charge in [0.1, 0.15) is 0 Å². The minimum Gasteiger partial charge on any atom is -0.493 e. The lowest BCUT2D eigenvalue weighted by molar-refractivity contribution is 0.0862. The minimum absolute atomic E-state index is 0.106. The molecule has 0 amide bonds. The van der Waals surface area contributed by atoms with Crippen LogP contribution in [0.2, 0.25) is 0 Å². The van der Waals surface area contributed by atoms with E-state index >= 15 is 0 Å². The van der Waals surface area contributed by atoms with Gasteiger partial charge < -0.3 is 14.5 Å². The van der Waals surface area contributed by atoms with Crippen molar-refractivity contribution in [3.8, 4) is 11.5 Å². The fourth-order valence-corrected chi connectivity index (χ4v) is 3.49. The molecule has 5 nitrogen and oxygen atoms in total. The number of H-pyrrole nitrogens is 1. The Hall–Kier alpha value is -2.79. The summed E-state index contributed by atoms with van der Waals surface area (Å²) in [4.78, 5) is 18.6. The monoisotopic (exact) mass is 366 g/mol. The van der Waals surface area contributed by atoms with E-state index in [0.29, 0.717) is 18.0 Å². The van der Waals surface area contributed by atoms with Crippen LogP contribution in [0.3, 0.4) is 0 Å². The molecule has 5 heteroatoms. The zero-order chi connectivity index (χ0) is 19.6. The molecule has 0 fully saturated rings. The third kappa shape index (κ3) is 3.55. The molecule has 2 aromatic carbocycles. The van der Waals surface area contributed by atoms with E-state index in [1.165, 1.54) is 0 Å². The van der Waals surface area contributed by atoms with Crippen molar-refractivity contribution in [2.45, 2.75) is 26.4 Å². The standard InChI is InChI=1S/C22H26N2O3/c1-14-20(17-10-6-7-11-18(17)23-14)21(25)15(2)24(3)13-16-9-8-12-19(26-4)22(16)27-5/h6-12,15,23H,13H2,1-5H3/t15-/m0/s1. The lowest BCUT2D eigenvalue weighted by atomic mass is 10.0. The molecule has 3 aromatic rings. The predicted molar refractivity (Wildman–Crippen MR) is 108 cm³/mol. The maximum Gasteiger partial charge on any atom is 0.182 e. The number of aromatic amines is 1. The molecule has 1 atom stereocenters. The van der Waals surface area contributed by atoms with Crippen LogP contribution in [-0.4, -0.2) is 43.0 Å². The number of likely N-dealkylation sites (N-methyl/N-ethyl adjacent to an activating group) is 1. The van der Waals surface area contributed by atoms with Gasteiger partial charge in [-0.05, 0) is 33.0 Å². The molecule has 0 unspecified atom stereocenters. The second-order valence-electron chi connectivity index (χ2n) is 6.78. The van der Waals surface area contributed by atoms with Crippen molar-refractivity contribution in [3.63, 3.8) is 0 Å². The summed E-state index contributed by atoms with van der Waals surface area (Å²) in [7, 11) is 5.20. The zero-order valence-electron chi connectivity index (χ0n) is 16.5. The van der Waals surface area contributed by atoms with Crippen molar-refractivity contribution < 1.29 is 14.3 Å². The van der Waals surface area contributed by atoms with Gasteiger partial charge in [0.15, 0.2) is 17.3 Å². The van der Waals surface area contributed by atoms with E-state index in [1.54, 1.807) is 14.2 Å². The molecule has 0 saturated heterocycles. The summed E-state index contributed by atoms with van der Waals surface area (Å²) < 4.78 is 10.9. The van der Waals surface area contributed by atoms with E-state index in [4.69, 9.17) is 9.47 Å². The summed E-state index contributed by atoms with van der Waals surface area (Å²) in [6.07, 6.45) is 0. The quantitative estimate of drug-likeness (QED) is 0.637. The normalized spacial score (nSPS) is 12.4. The number of nitrogens with zero attached hydrogens (tertiary/aromatic N) is 1. The summed E-state index contributed by atoms with van der Waals surface area (Å²) in [6.45, 7) is 4.47. The molecular weight excluding hydrogens is 340 g/mol. The zero-order valence-corrected chi connectivity index (χ0v) is 16.5. The number of carbonyl (C=O) groups is 1. The van der Waals surface area contributed by atoms with Gasteiger partial charge in [0.25, 0.3) is 0 Å². The van der Waals surface area contributed by atoms with Crippen molar-refractivity contribution in [2.75, 3.05) is 21.3 Å². The molecule has 0 saturated carbocycles. The van der Waals surface area contributed by atoms with E-state index in [2.05, 4.69) is 4.98 Å². The van der Waals surface area contributed by atoms with Crippen LogP contribution in [0.25, 0.3) is 10.9 Å². The van der Waals surface area contributed by atoms with Crippen molar-refractivity contribution >= 4 is 16.7 Å². The van der Waals surface area contributed by atoms with Gasteiger partial charge in [-0.25, -0.2) is 0 Å². The van der Waals surface area contributed by atoms with Crippen LogP contribution in [-0.2, 0) is 6.54 Å². The van der Waals surface area contributed by atoms with Crippen molar-refractivity contribution in [1.29, 1.82) is 0 Å². The number of methoxy groups -OCH3 is 2. The first-order valence-electron chi connectivity index (χ1n) is 8.99. The van der Waals surface area contributed by atoms with E-state index in [0.717, 1.165) is 27.7 Å². The molecule has 142 valence electrons. The molecule has 1 aromatic heterocycles. The number of nitrogens with one attached hydrogen (secondary N) is 1. The van der Waals surface area contributed by atoms with Gasteiger partial charge in [0.2, 0.25) is 0 Å². The Bertz CT molecular complexity index is 961. The lowest BCUT2D eigenvalue weighted by Gasteiger charge is -2.25. The number of fused-ring (bicyclic) bond motifs is 1. The van der Waals surface area contributed by atoms with Crippen LogP contribution in [0, 0.1) is 6.92 Å². The van der Waals surface area contributed by atoms with Crippen molar-refractivity contribution in [3.05, 3.63) is 59.3 Å². The SMILES string of the molecule is COc1cccc(CN(C)[C@@H](C)C(=O)c2c(C)[nH]c3ccccc23)c1OC. The van der Waals surface area contributed by atoms with Crippen LogP contribution < -0.4 is 9.47 Å². The van der Waals surface area contributed by atoms with Crippen LogP contribution in [0.1, 0.15) is 28.5 Å². The molecule has 0 aliphatic heterocycles. The number of carbonyl (C=O) groups excluding carboxylic acids is 1. The topological polar surface area (TPSA) is 54.6 Å². The molecule has 0 spiro atoms. The van der Waals surface area contributed by atoms with Crippen LogP contribution >= 0.6 is 0 Å². The first kappa shape index (κ1) is 19.0. The van der Waals surface area contributed by atoms with Gasteiger partial charge >= 0.3 is 0 Å². The highest BCUT2D eigenvalue weighted by Crippen LogP contribution is 2.32. The van der Waals surface area contributed by atoms with E-state index in [1.807, 2.05) is 68.3 Å². The number of ketones is 1. The fourth-order valence-electron chi connectivity index (χ4n) is 3.49. The molecule has 0 bridgehead atoms. The highest BCUT2D eigenvalue weighted by molar-refractivity contribution is 6.11. The fraction of sp³-hybridized carbons (Fsp3) is 0.318. The minimum atomic E-state index is -0.279. The van der Waals surface area contributed by atoms with Crippen molar-refractivity contribution in [2.24, 2.45) is 0 Å². The van der Waals surface area contributed by atoms with Crippen LogP contribution in [0.4, 0.5) is 0 Å². The number of aryl methyl sites for hydroxylation is 1. The second kappa shape index (κ2) is 7.84. The van der Waals surface area contributed by atoms with E-state index < -0.39 is 0 Å². The summed E-state index contributed by atoms with van der Waals surface area (Å²) in [6, 6.07) is 13.4. The largest absolute Gasteiger partial charge is 0.493 e. The first-order chi connectivity index (χ1) is 13.0. The van der Waals surface area contributed by atoms with E-state index in [-0.39, 0.29) is 11.8 Å². The Morgan fingerprint density at radius 3 is 2.56 bits per heavy atom. The number of para-hydroxylation sites is 2. The molecule has 0 aliphatic rings. The number of hydrogen-bond acceptors (Lipinski definition) is 4. The lowest BCUT2D eigenvalue weighted by Crippen LogP contribution is -2.35. The molecular formula is C22H26N2O3. The van der Waals surface area contributed by atoms with Crippen molar-refractivity contribution in [1.82, 2.24) is 9.88 Å². The molecule has 1 heterocycles. The Morgan fingerprint density at radius 1 is 1.11 bits per heavy atom. The average Bonchev–Trinajstić information content (AvgIpc) is 3.02. The van der Waals surface area contributed by atoms with Crippen LogP contribution in [0.15, 0.2) is 42.5 Å². The number of hydrogen-bond donors (Lipinski definition) is 1. The Balaban J connectivity index is 1.86. The Kier molecular flexibility index (Phi) is 5.51. The Morgan fingerprint density at radius 2 is 1.85 bits per heavy atom. The number of Topliss-reactive ketones (excluding diaryl/α,β-unsaturated/α-hetero) is 1. The molecule has 0 radical (unpaired) electrons. The number of aromatic nitrogens is 1. The Labute approximate surface area is 159 Å². The van der Waals surface area contributed by atoms with Gasteiger partial charge in [0.05, 0.1) is 20.3 Å². The summed E-state index contributed by atoms with van der Waals surface area (Å²) in [5, 5.41) is 0.971. The second-order valence-corrected chi connectivity index (χ2v) is 6.78. The maximum atomic E-state index is 13.2. The first-order valence-corrected chi connectivity index (χ1v) is 8.99. The highest BCUT2D eigenvalue weighted by Gasteiger charge is 2.25. The summed E-state index contributed by atoms with van der Waals surface area (Å²) >= 11 is 0. The molecule has 0 aliphatic carbocycles. The van der Waals surface area contributed by atoms with Gasteiger partial charge in [-0.15, -0.1) is 0 Å². The summed E-state index contributed by atoms with van der Waals surface area (Å²) in [5.41, 5.74) is 3.64. The predicted octanol–water partition coefficient (Wildman–Crippen LogP) is 4.20. The molecule has 1 N–H and O–H groups in total. The van der Waals surface area contributed by atoms with E-state index in [9.17, 15) is 4.79 Å². The molecule has 3 rings (SSSR count). The maximum absolute atomic E-state index is 13.2. The number of benzene rings is 2. The molecule has 27 heavy (non-hydrogen) atoms. The number of rotatable bonds is 7. The third-order valence-corrected chi connectivity index (χ3v) is 5.08. The smallest absolute Gasteiger partial charge is 0.182 e. The van der Waals surface area contributed by atoms with Gasteiger partial charge in [-0.3, -0.25) is 9.69 Å². The van der Waals surface area contributed by atoms with Gasteiger partial charge in [0, 0.05) is 34.3 Å². The highest BCUT2D eigenvalue weighted by atomic mass is 16.5. The van der Waals surface area contributed by atoms with Crippen LogP contribution in [0.5, 0.6) is 11.5 Å². The van der Waals surface area contributed by atoms with Gasteiger partial charge in [-0.2, -0.15) is 0 Å². The average molecular weight is 366 g/mol. The third-order valence-electron chi connectivity index (χ3n) is 5.08.